The predicted octanol–water partition coefficient (Wildman–Crippen LogP) is 2.53. The van der Waals surface area contributed by atoms with Gasteiger partial charge < -0.3 is 5.11 Å². The fourth-order valence-electron chi connectivity index (χ4n) is 0.815. The van der Waals surface area contributed by atoms with Crippen LogP contribution >= 0.6 is 11.8 Å². The van der Waals surface area contributed by atoms with Gasteiger partial charge in [-0.1, -0.05) is 11.8 Å². The molecule has 0 amide bonds. The highest BCUT2D eigenvalue weighted by molar-refractivity contribution is 7.99. The number of pyridine rings is 1. The maximum Gasteiger partial charge on any atom is 0.433 e. The topological polar surface area (TPSA) is 33.1 Å². The molecule has 78 valence electrons. The lowest BCUT2D eigenvalue weighted by atomic mass is 10.3. The van der Waals surface area contributed by atoms with Gasteiger partial charge in [-0.2, -0.15) is 13.2 Å². The minimum atomic E-state index is -4.41. The summed E-state index contributed by atoms with van der Waals surface area (Å²) < 4.78 is 36.2. The molecule has 1 N–H and O–H groups in total. The molecule has 1 heterocycles. The van der Waals surface area contributed by atoms with Crippen molar-refractivity contribution in [2.24, 2.45) is 0 Å². The van der Waals surface area contributed by atoms with Gasteiger partial charge in [0.1, 0.15) is 11.1 Å². The van der Waals surface area contributed by atoms with Crippen LogP contribution in [0.5, 0.6) is 0 Å². The van der Waals surface area contributed by atoms with Crippen molar-refractivity contribution < 1.29 is 18.3 Å². The van der Waals surface area contributed by atoms with Gasteiger partial charge in [-0.25, -0.2) is 0 Å². The number of thioether (sulfide) groups is 1. The number of nitrogens with zero attached hydrogens (tertiary/aromatic N) is 1. The van der Waals surface area contributed by atoms with E-state index in [0.717, 1.165) is 24.0 Å². The number of aliphatic hydroxyl groups is 1. The van der Waals surface area contributed by atoms with E-state index in [1.54, 1.807) is 0 Å². The summed E-state index contributed by atoms with van der Waals surface area (Å²) in [6, 6.07) is 2.18. The SMILES string of the molecule is CC(O)Sc1ccc(C(F)(F)F)nc1. The molecule has 0 aliphatic heterocycles. The van der Waals surface area contributed by atoms with E-state index in [2.05, 4.69) is 4.98 Å². The summed E-state index contributed by atoms with van der Waals surface area (Å²) in [7, 11) is 0. The van der Waals surface area contributed by atoms with Crippen molar-refractivity contribution in [3.8, 4) is 0 Å². The zero-order valence-electron chi connectivity index (χ0n) is 7.25. The van der Waals surface area contributed by atoms with Gasteiger partial charge in [-0.3, -0.25) is 4.98 Å². The Hall–Kier alpha value is -0.750. The molecule has 0 bridgehead atoms. The van der Waals surface area contributed by atoms with Crippen molar-refractivity contribution in [1.82, 2.24) is 4.98 Å². The second kappa shape index (κ2) is 4.18. The molecule has 1 unspecified atom stereocenters. The lowest BCUT2D eigenvalue weighted by molar-refractivity contribution is -0.141. The highest BCUT2D eigenvalue weighted by Crippen LogP contribution is 2.29. The first-order valence-electron chi connectivity index (χ1n) is 3.77. The van der Waals surface area contributed by atoms with Gasteiger partial charge in [0.05, 0.1) is 0 Å². The normalized spacial score (nSPS) is 14.1. The minimum Gasteiger partial charge on any atom is -0.382 e. The summed E-state index contributed by atoms with van der Waals surface area (Å²) in [6.45, 7) is 1.53. The molecule has 0 aromatic carbocycles. The Labute approximate surface area is 83.2 Å². The molecule has 2 nitrogen and oxygen atoms in total. The van der Waals surface area contributed by atoms with Crippen LogP contribution < -0.4 is 0 Å². The molecule has 14 heavy (non-hydrogen) atoms. The number of aromatic nitrogens is 1. The Morgan fingerprint density at radius 2 is 2.07 bits per heavy atom. The Morgan fingerprint density at radius 1 is 1.43 bits per heavy atom. The lowest BCUT2D eigenvalue weighted by Crippen LogP contribution is -2.07. The van der Waals surface area contributed by atoms with Gasteiger partial charge in [0.2, 0.25) is 0 Å². The summed E-state index contributed by atoms with van der Waals surface area (Å²) in [4.78, 5) is 3.75. The number of aliphatic hydroxyl groups excluding tert-OH is 1. The van der Waals surface area contributed by atoms with E-state index < -0.39 is 17.3 Å². The van der Waals surface area contributed by atoms with E-state index in [-0.39, 0.29) is 0 Å². The second-order valence-corrected chi connectivity index (χ2v) is 3.98. The van der Waals surface area contributed by atoms with E-state index in [0.29, 0.717) is 4.90 Å². The summed E-state index contributed by atoms with van der Waals surface area (Å²) in [5, 5.41) is 8.95. The van der Waals surface area contributed by atoms with E-state index in [9.17, 15) is 13.2 Å². The zero-order valence-corrected chi connectivity index (χ0v) is 8.06. The van der Waals surface area contributed by atoms with Crippen molar-refractivity contribution in [3.05, 3.63) is 24.0 Å². The first-order chi connectivity index (χ1) is 6.39. The first kappa shape index (κ1) is 11.3. The largest absolute Gasteiger partial charge is 0.433 e. The molecule has 0 aliphatic rings. The average Bonchev–Trinajstić information content (AvgIpc) is 2.02. The second-order valence-electron chi connectivity index (χ2n) is 2.59. The number of halogens is 3. The Balaban J connectivity index is 2.79. The fraction of sp³-hybridized carbons (Fsp3) is 0.375. The van der Waals surface area contributed by atoms with E-state index >= 15 is 0 Å². The number of alkyl halides is 3. The Bertz CT molecular complexity index is 296. The third-order valence-corrected chi connectivity index (χ3v) is 2.19. The average molecular weight is 223 g/mol. The smallest absolute Gasteiger partial charge is 0.382 e. The molecule has 6 heteroatoms. The standard InChI is InChI=1S/C8H8F3NOS/c1-5(13)14-6-2-3-7(12-4-6)8(9,10)11/h2-5,13H,1H3. The molecular weight excluding hydrogens is 215 g/mol. The third kappa shape index (κ3) is 3.19. The molecule has 1 rings (SSSR count). The van der Waals surface area contributed by atoms with E-state index in [4.69, 9.17) is 5.11 Å². The molecule has 1 aromatic heterocycles. The molecule has 0 spiro atoms. The number of rotatable bonds is 2. The van der Waals surface area contributed by atoms with Crippen LogP contribution in [-0.2, 0) is 6.18 Å². The van der Waals surface area contributed by atoms with Crippen LogP contribution in [0.1, 0.15) is 12.6 Å². The molecule has 0 aliphatic carbocycles. The van der Waals surface area contributed by atoms with Gasteiger partial charge >= 0.3 is 6.18 Å². The van der Waals surface area contributed by atoms with E-state index in [1.165, 1.54) is 13.0 Å². The lowest BCUT2D eigenvalue weighted by Gasteiger charge is -2.07. The summed E-state index contributed by atoms with van der Waals surface area (Å²) >= 11 is 1.04. The first-order valence-corrected chi connectivity index (χ1v) is 4.65. The van der Waals surface area contributed by atoms with Gasteiger partial charge in [0.15, 0.2) is 0 Å². The van der Waals surface area contributed by atoms with Gasteiger partial charge in [0.25, 0.3) is 0 Å². The molecule has 0 saturated carbocycles. The van der Waals surface area contributed by atoms with Crippen molar-refractivity contribution in [2.75, 3.05) is 0 Å². The van der Waals surface area contributed by atoms with Crippen molar-refractivity contribution in [3.63, 3.8) is 0 Å². The van der Waals surface area contributed by atoms with Crippen LogP contribution in [0.4, 0.5) is 13.2 Å². The van der Waals surface area contributed by atoms with Crippen molar-refractivity contribution in [2.45, 2.75) is 23.4 Å². The quantitative estimate of drug-likeness (QED) is 0.617. The van der Waals surface area contributed by atoms with Crippen LogP contribution in [0.3, 0.4) is 0 Å². The number of hydrogen-bond donors (Lipinski definition) is 1. The molecule has 1 aromatic rings. The molecule has 0 fully saturated rings. The highest BCUT2D eigenvalue weighted by atomic mass is 32.2. The molecule has 1 atom stereocenters. The van der Waals surface area contributed by atoms with E-state index in [1.807, 2.05) is 0 Å². The Morgan fingerprint density at radius 3 is 2.43 bits per heavy atom. The predicted molar refractivity (Wildman–Crippen MR) is 46.8 cm³/mol. The van der Waals surface area contributed by atoms with Crippen LogP contribution in [0.25, 0.3) is 0 Å². The van der Waals surface area contributed by atoms with Gasteiger partial charge in [-0.05, 0) is 19.1 Å². The maximum absolute atomic E-state index is 12.1. The summed E-state index contributed by atoms with van der Waals surface area (Å²) in [5.41, 5.74) is -1.58. The Kier molecular flexibility index (Phi) is 3.38. The van der Waals surface area contributed by atoms with Crippen LogP contribution in [0, 0.1) is 0 Å². The zero-order chi connectivity index (χ0) is 10.8. The summed E-state index contributed by atoms with van der Waals surface area (Å²) in [5.74, 6) is 0. The maximum atomic E-state index is 12.1. The van der Waals surface area contributed by atoms with Gasteiger partial charge in [0, 0.05) is 11.1 Å². The van der Waals surface area contributed by atoms with Crippen LogP contribution in [0.2, 0.25) is 0 Å². The molecule has 0 radical (unpaired) electrons. The molecular formula is C8H8F3NOS. The number of hydrogen-bond acceptors (Lipinski definition) is 3. The van der Waals surface area contributed by atoms with Crippen molar-refractivity contribution >= 4 is 11.8 Å². The highest BCUT2D eigenvalue weighted by Gasteiger charge is 2.31. The van der Waals surface area contributed by atoms with Crippen LogP contribution in [-0.4, -0.2) is 15.5 Å². The van der Waals surface area contributed by atoms with Crippen molar-refractivity contribution in [1.29, 1.82) is 0 Å². The van der Waals surface area contributed by atoms with Gasteiger partial charge in [-0.15, -0.1) is 0 Å². The fourth-order valence-corrected chi connectivity index (χ4v) is 1.47. The third-order valence-electron chi connectivity index (χ3n) is 1.33. The minimum absolute atomic E-state index is 0.507. The monoisotopic (exact) mass is 223 g/mol. The summed E-state index contributed by atoms with van der Waals surface area (Å²) in [6.07, 6.45) is -3.31. The molecule has 0 saturated heterocycles. The van der Waals surface area contributed by atoms with Crippen LogP contribution in [0.15, 0.2) is 23.2 Å².